The number of halogens is 1. The fraction of sp³-hybridized carbons (Fsp3) is 0.364. The fourth-order valence-corrected chi connectivity index (χ4v) is 2.89. The maximum absolute atomic E-state index is 12.0. The molecule has 0 aliphatic heterocycles. The number of hydrogen-bond donors (Lipinski definition) is 2. The minimum atomic E-state index is -3.85. The predicted octanol–water partition coefficient (Wildman–Crippen LogP) is 0.461. The number of methoxy groups -OCH3 is 1. The van der Waals surface area contributed by atoms with Gasteiger partial charge in [-0.3, -0.25) is 0 Å². The first-order chi connectivity index (χ1) is 8.77. The first kappa shape index (κ1) is 15.9. The molecule has 0 aromatic heterocycles. The van der Waals surface area contributed by atoms with Gasteiger partial charge in [0.05, 0.1) is 12.0 Å². The van der Waals surface area contributed by atoms with Gasteiger partial charge in [-0.25, -0.2) is 17.9 Å². The molecule has 0 radical (unpaired) electrons. The van der Waals surface area contributed by atoms with Crippen molar-refractivity contribution in [3.63, 3.8) is 0 Å². The highest BCUT2D eigenvalue weighted by atomic mass is 35.5. The maximum Gasteiger partial charge on any atom is 0.336 e. The molecule has 1 atom stereocenters. The standard InChI is InChI=1S/C11H14ClNO5S/c1-7-3-4-8(12)5-10(7)19(16,17)13-6-9(14)11(15)18-2/h3-5,9,13-14H,6H2,1-2H3. The Morgan fingerprint density at radius 1 is 1.53 bits per heavy atom. The zero-order valence-electron chi connectivity index (χ0n) is 10.4. The molecule has 106 valence electrons. The van der Waals surface area contributed by atoms with Crippen LogP contribution < -0.4 is 4.72 Å². The molecular weight excluding hydrogens is 294 g/mol. The van der Waals surface area contributed by atoms with Crippen LogP contribution in [0, 0.1) is 6.92 Å². The van der Waals surface area contributed by atoms with Crippen molar-refractivity contribution < 1.29 is 23.1 Å². The van der Waals surface area contributed by atoms with Crippen molar-refractivity contribution in [2.24, 2.45) is 0 Å². The maximum atomic E-state index is 12.0. The zero-order chi connectivity index (χ0) is 14.6. The summed E-state index contributed by atoms with van der Waals surface area (Å²) in [7, 11) is -2.75. The number of ether oxygens (including phenoxy) is 1. The monoisotopic (exact) mass is 307 g/mol. The van der Waals surface area contributed by atoms with E-state index in [1.807, 2.05) is 0 Å². The van der Waals surface area contributed by atoms with Gasteiger partial charge >= 0.3 is 5.97 Å². The summed E-state index contributed by atoms with van der Waals surface area (Å²) in [4.78, 5) is 11.0. The van der Waals surface area contributed by atoms with Gasteiger partial charge in [0.1, 0.15) is 0 Å². The molecule has 0 amide bonds. The topological polar surface area (TPSA) is 92.7 Å². The summed E-state index contributed by atoms with van der Waals surface area (Å²) >= 11 is 5.74. The Morgan fingerprint density at radius 3 is 2.74 bits per heavy atom. The van der Waals surface area contributed by atoms with Gasteiger partial charge < -0.3 is 9.84 Å². The van der Waals surface area contributed by atoms with Crippen LogP contribution in [0.1, 0.15) is 5.56 Å². The Bertz CT molecular complexity index is 572. The molecule has 1 unspecified atom stereocenters. The quantitative estimate of drug-likeness (QED) is 0.771. The van der Waals surface area contributed by atoms with Gasteiger partial charge in [-0.15, -0.1) is 0 Å². The number of carbonyl (C=O) groups excluding carboxylic acids is 1. The van der Waals surface area contributed by atoms with E-state index in [0.29, 0.717) is 5.56 Å². The van der Waals surface area contributed by atoms with Crippen molar-refractivity contribution >= 4 is 27.6 Å². The Labute approximate surface area is 116 Å². The number of aliphatic hydroxyl groups is 1. The van der Waals surface area contributed by atoms with E-state index in [9.17, 15) is 18.3 Å². The van der Waals surface area contributed by atoms with Crippen molar-refractivity contribution in [1.82, 2.24) is 4.72 Å². The average molecular weight is 308 g/mol. The normalized spacial score (nSPS) is 13.1. The molecule has 0 saturated carbocycles. The number of rotatable bonds is 5. The summed E-state index contributed by atoms with van der Waals surface area (Å²) in [6.07, 6.45) is -1.56. The number of benzene rings is 1. The van der Waals surface area contributed by atoms with Gasteiger partial charge in [0.15, 0.2) is 6.10 Å². The van der Waals surface area contributed by atoms with E-state index in [4.69, 9.17) is 11.6 Å². The van der Waals surface area contributed by atoms with Gasteiger partial charge in [0.2, 0.25) is 10.0 Å². The lowest BCUT2D eigenvalue weighted by Crippen LogP contribution is -2.37. The summed E-state index contributed by atoms with van der Waals surface area (Å²) in [6, 6.07) is 4.43. The number of sulfonamides is 1. The Hall–Kier alpha value is -1.15. The fourth-order valence-electron chi connectivity index (χ4n) is 1.35. The number of nitrogens with one attached hydrogen (secondary N) is 1. The van der Waals surface area contributed by atoms with Crippen molar-refractivity contribution in [1.29, 1.82) is 0 Å². The largest absolute Gasteiger partial charge is 0.467 e. The Morgan fingerprint density at radius 2 is 2.16 bits per heavy atom. The molecule has 19 heavy (non-hydrogen) atoms. The SMILES string of the molecule is COC(=O)C(O)CNS(=O)(=O)c1cc(Cl)ccc1C. The molecule has 0 spiro atoms. The van der Waals surface area contributed by atoms with Gasteiger partial charge in [-0.1, -0.05) is 17.7 Å². The van der Waals surface area contributed by atoms with Crippen LogP contribution in [0.25, 0.3) is 0 Å². The third kappa shape index (κ3) is 4.17. The second-order valence-corrected chi connectivity index (χ2v) is 5.97. The highest BCUT2D eigenvalue weighted by molar-refractivity contribution is 7.89. The van der Waals surface area contributed by atoms with Gasteiger partial charge in [0, 0.05) is 11.6 Å². The molecule has 0 saturated heterocycles. The zero-order valence-corrected chi connectivity index (χ0v) is 12.0. The van der Waals surface area contributed by atoms with Crippen LogP contribution in [0.2, 0.25) is 5.02 Å². The van der Waals surface area contributed by atoms with Gasteiger partial charge in [0.25, 0.3) is 0 Å². The van der Waals surface area contributed by atoms with E-state index in [1.165, 1.54) is 6.07 Å². The number of aliphatic hydroxyl groups excluding tert-OH is 1. The van der Waals surface area contributed by atoms with Crippen molar-refractivity contribution in [3.05, 3.63) is 28.8 Å². The van der Waals surface area contributed by atoms with E-state index < -0.39 is 28.6 Å². The highest BCUT2D eigenvalue weighted by Crippen LogP contribution is 2.19. The van der Waals surface area contributed by atoms with Crippen LogP contribution >= 0.6 is 11.6 Å². The van der Waals surface area contributed by atoms with E-state index in [0.717, 1.165) is 7.11 Å². The van der Waals surface area contributed by atoms with Crippen LogP contribution in [0.5, 0.6) is 0 Å². The third-order valence-corrected chi connectivity index (χ3v) is 4.18. The lowest BCUT2D eigenvalue weighted by atomic mass is 10.2. The number of carbonyl (C=O) groups is 1. The Kier molecular flexibility index (Phi) is 5.30. The van der Waals surface area contributed by atoms with Gasteiger partial charge in [-0.05, 0) is 24.6 Å². The van der Waals surface area contributed by atoms with Crippen molar-refractivity contribution in [2.75, 3.05) is 13.7 Å². The molecule has 0 bridgehead atoms. The Balaban J connectivity index is 2.87. The highest BCUT2D eigenvalue weighted by Gasteiger charge is 2.21. The van der Waals surface area contributed by atoms with Gasteiger partial charge in [-0.2, -0.15) is 0 Å². The van der Waals surface area contributed by atoms with Crippen molar-refractivity contribution in [3.8, 4) is 0 Å². The first-order valence-corrected chi connectivity index (χ1v) is 7.15. The van der Waals surface area contributed by atoms with Crippen LogP contribution in [0.3, 0.4) is 0 Å². The smallest absolute Gasteiger partial charge is 0.336 e. The predicted molar refractivity (Wildman–Crippen MR) is 69.4 cm³/mol. The second kappa shape index (κ2) is 6.33. The summed E-state index contributed by atoms with van der Waals surface area (Å²) in [6.45, 7) is 1.14. The summed E-state index contributed by atoms with van der Waals surface area (Å²) in [5.41, 5.74) is 0.504. The molecule has 6 nitrogen and oxygen atoms in total. The van der Waals surface area contributed by atoms with E-state index in [-0.39, 0.29) is 9.92 Å². The molecule has 2 N–H and O–H groups in total. The number of hydrogen-bond acceptors (Lipinski definition) is 5. The van der Waals surface area contributed by atoms with Crippen LogP contribution in [0.15, 0.2) is 23.1 Å². The lowest BCUT2D eigenvalue weighted by molar-refractivity contribution is -0.149. The average Bonchev–Trinajstić information content (AvgIpc) is 2.37. The summed E-state index contributed by atoms with van der Waals surface area (Å²) in [5, 5.41) is 9.60. The lowest BCUT2D eigenvalue weighted by Gasteiger charge is -2.12. The van der Waals surface area contributed by atoms with Crippen LogP contribution in [0.4, 0.5) is 0 Å². The third-order valence-electron chi connectivity index (χ3n) is 2.38. The summed E-state index contributed by atoms with van der Waals surface area (Å²) < 4.78 is 30.4. The van der Waals surface area contributed by atoms with Crippen LogP contribution in [-0.4, -0.2) is 39.3 Å². The van der Waals surface area contributed by atoms with E-state index >= 15 is 0 Å². The molecule has 0 heterocycles. The van der Waals surface area contributed by atoms with Crippen molar-refractivity contribution in [2.45, 2.75) is 17.9 Å². The molecule has 1 aromatic carbocycles. The molecule has 0 fully saturated rings. The second-order valence-electron chi connectivity index (χ2n) is 3.80. The molecule has 1 aromatic rings. The summed E-state index contributed by atoms with van der Waals surface area (Å²) in [5.74, 6) is -0.912. The molecular formula is C11H14ClNO5S. The molecule has 0 aliphatic carbocycles. The van der Waals surface area contributed by atoms with Crippen LogP contribution in [-0.2, 0) is 19.6 Å². The van der Waals surface area contributed by atoms with E-state index in [1.54, 1.807) is 19.1 Å². The minimum Gasteiger partial charge on any atom is -0.467 e. The number of aryl methyl sites for hydroxylation is 1. The minimum absolute atomic E-state index is 0.00272. The number of esters is 1. The first-order valence-electron chi connectivity index (χ1n) is 5.29. The molecule has 8 heteroatoms. The molecule has 0 aliphatic rings. The molecule has 1 rings (SSSR count). The van der Waals surface area contributed by atoms with E-state index in [2.05, 4.69) is 9.46 Å².